The maximum Gasteiger partial charge on any atom is 0.257 e. The topological polar surface area (TPSA) is 121 Å². The minimum absolute atomic E-state index is 0.240. The van der Waals surface area contributed by atoms with Crippen molar-refractivity contribution in [3.63, 3.8) is 0 Å². The number of nitrogens with zero attached hydrogens (tertiary/aromatic N) is 6. The van der Waals surface area contributed by atoms with Crippen LogP contribution in [0.4, 0.5) is 17.6 Å². The lowest BCUT2D eigenvalue weighted by molar-refractivity contribution is 0.324. The van der Waals surface area contributed by atoms with Crippen molar-refractivity contribution in [2.75, 3.05) is 32.1 Å². The molecular weight excluding hydrogens is 448 g/mol. The minimum atomic E-state index is 0.240. The number of rotatable bonds is 9. The van der Waals surface area contributed by atoms with E-state index in [2.05, 4.69) is 35.9 Å². The monoisotopic (exact) mass is 474 g/mol. The molecule has 4 aromatic rings. The standard InChI is InChI=1S/C24H26N8O3/c1-15-11-16(2)32(31-15)24-28-22(26-18-9-7-6-8-10-18)27-23(29-24)30-25-14-17-12-19(33-3)21(35-5)20(13-17)34-4/h6-14H,1-5H3,(H2,26,27,28,29,30). The molecule has 2 N–H and O–H groups in total. The SMILES string of the molecule is COc1cc(C=NNc2nc(Nc3ccccc3)nc(-n3nc(C)cc3C)n2)cc(OC)c1OC. The molecule has 2 aromatic carbocycles. The van der Waals surface area contributed by atoms with E-state index in [-0.39, 0.29) is 5.95 Å². The van der Waals surface area contributed by atoms with Crippen molar-refractivity contribution in [2.24, 2.45) is 5.10 Å². The van der Waals surface area contributed by atoms with Crippen LogP contribution < -0.4 is 25.0 Å². The van der Waals surface area contributed by atoms with E-state index in [1.165, 1.54) is 0 Å². The van der Waals surface area contributed by atoms with Gasteiger partial charge in [0.1, 0.15) is 0 Å². The Hall–Kier alpha value is -4.67. The molecule has 0 saturated heterocycles. The Morgan fingerprint density at radius 3 is 2.14 bits per heavy atom. The third-order valence-corrected chi connectivity index (χ3v) is 4.92. The fourth-order valence-electron chi connectivity index (χ4n) is 3.39. The van der Waals surface area contributed by atoms with Crippen LogP contribution in [0.25, 0.3) is 5.95 Å². The maximum absolute atomic E-state index is 5.40. The summed E-state index contributed by atoms with van der Waals surface area (Å²) < 4.78 is 17.8. The van der Waals surface area contributed by atoms with E-state index in [9.17, 15) is 0 Å². The molecule has 0 fully saturated rings. The summed E-state index contributed by atoms with van der Waals surface area (Å²) in [6.45, 7) is 3.85. The van der Waals surface area contributed by atoms with E-state index in [1.54, 1.807) is 44.4 Å². The summed E-state index contributed by atoms with van der Waals surface area (Å²) in [7, 11) is 4.67. The summed E-state index contributed by atoms with van der Waals surface area (Å²) in [5.74, 6) is 2.49. The van der Waals surface area contributed by atoms with Crippen LogP contribution in [0.5, 0.6) is 17.2 Å². The molecule has 0 spiro atoms. The molecule has 180 valence electrons. The molecule has 0 radical (unpaired) electrons. The lowest BCUT2D eigenvalue weighted by atomic mass is 10.2. The molecule has 4 rings (SSSR count). The van der Waals surface area contributed by atoms with Crippen molar-refractivity contribution in [1.82, 2.24) is 24.7 Å². The maximum atomic E-state index is 5.40. The first-order valence-corrected chi connectivity index (χ1v) is 10.7. The van der Waals surface area contributed by atoms with Crippen LogP contribution in [0, 0.1) is 13.8 Å². The number of para-hydroxylation sites is 1. The van der Waals surface area contributed by atoms with E-state index in [0.29, 0.717) is 29.1 Å². The molecule has 0 bridgehead atoms. The average molecular weight is 475 g/mol. The first-order chi connectivity index (χ1) is 17.0. The van der Waals surface area contributed by atoms with Crippen LogP contribution in [-0.4, -0.2) is 52.3 Å². The van der Waals surface area contributed by atoms with Crippen LogP contribution in [0.15, 0.2) is 53.6 Å². The van der Waals surface area contributed by atoms with E-state index >= 15 is 0 Å². The number of nitrogens with one attached hydrogen (secondary N) is 2. The molecule has 0 atom stereocenters. The van der Waals surface area contributed by atoms with Crippen molar-refractivity contribution in [1.29, 1.82) is 0 Å². The number of aryl methyl sites for hydroxylation is 2. The van der Waals surface area contributed by atoms with Crippen molar-refractivity contribution in [2.45, 2.75) is 13.8 Å². The lowest BCUT2D eigenvalue weighted by Crippen LogP contribution is -2.11. The Morgan fingerprint density at radius 2 is 1.54 bits per heavy atom. The number of hydrogen-bond donors (Lipinski definition) is 2. The second kappa shape index (κ2) is 10.5. The van der Waals surface area contributed by atoms with Gasteiger partial charge in [0.15, 0.2) is 11.5 Å². The lowest BCUT2D eigenvalue weighted by Gasteiger charge is -2.12. The molecule has 0 saturated carbocycles. The van der Waals surface area contributed by atoms with Gasteiger partial charge in [-0.15, -0.1) is 0 Å². The number of ether oxygens (including phenoxy) is 3. The number of hydrazone groups is 1. The highest BCUT2D eigenvalue weighted by atomic mass is 16.5. The zero-order valence-corrected chi connectivity index (χ0v) is 20.1. The number of anilines is 3. The molecule has 0 amide bonds. The molecular formula is C24H26N8O3. The molecule has 2 heterocycles. The highest BCUT2D eigenvalue weighted by Gasteiger charge is 2.14. The zero-order chi connectivity index (χ0) is 24.8. The highest BCUT2D eigenvalue weighted by molar-refractivity contribution is 5.83. The van der Waals surface area contributed by atoms with Crippen LogP contribution in [0.1, 0.15) is 17.0 Å². The molecule has 2 aromatic heterocycles. The third-order valence-electron chi connectivity index (χ3n) is 4.92. The van der Waals surface area contributed by atoms with Gasteiger partial charge in [-0.05, 0) is 44.2 Å². The molecule has 0 aliphatic rings. The summed E-state index contributed by atoms with van der Waals surface area (Å²) in [4.78, 5) is 13.5. The fourth-order valence-corrected chi connectivity index (χ4v) is 3.39. The first-order valence-electron chi connectivity index (χ1n) is 10.7. The van der Waals surface area contributed by atoms with Gasteiger partial charge in [-0.3, -0.25) is 0 Å². The van der Waals surface area contributed by atoms with E-state index in [0.717, 1.165) is 22.6 Å². The molecule has 11 heteroatoms. The van der Waals surface area contributed by atoms with Crippen molar-refractivity contribution < 1.29 is 14.2 Å². The van der Waals surface area contributed by atoms with E-state index < -0.39 is 0 Å². The normalized spacial score (nSPS) is 10.9. The smallest absolute Gasteiger partial charge is 0.257 e. The highest BCUT2D eigenvalue weighted by Crippen LogP contribution is 2.37. The largest absolute Gasteiger partial charge is 0.493 e. The van der Waals surface area contributed by atoms with Crippen LogP contribution in [-0.2, 0) is 0 Å². The molecule has 0 unspecified atom stereocenters. The van der Waals surface area contributed by atoms with Crippen molar-refractivity contribution >= 4 is 23.8 Å². The predicted octanol–water partition coefficient (Wildman–Crippen LogP) is 3.89. The summed E-state index contributed by atoms with van der Waals surface area (Å²) in [6.07, 6.45) is 1.60. The Labute approximate surface area is 202 Å². The summed E-state index contributed by atoms with van der Waals surface area (Å²) in [5, 5.41) is 12.0. The zero-order valence-electron chi connectivity index (χ0n) is 20.1. The Balaban J connectivity index is 1.65. The summed E-state index contributed by atoms with van der Waals surface area (Å²) in [6, 6.07) is 15.1. The molecule has 0 aliphatic heterocycles. The van der Waals surface area contributed by atoms with E-state index in [4.69, 9.17) is 14.2 Å². The van der Waals surface area contributed by atoms with Crippen molar-refractivity contribution in [3.8, 4) is 23.2 Å². The number of methoxy groups -OCH3 is 3. The average Bonchev–Trinajstić information content (AvgIpc) is 3.21. The first kappa shape index (κ1) is 23.5. The van der Waals surface area contributed by atoms with E-state index in [1.807, 2.05) is 50.2 Å². The molecule has 11 nitrogen and oxygen atoms in total. The van der Waals surface area contributed by atoms with Gasteiger partial charge in [0.25, 0.3) is 5.95 Å². The summed E-state index contributed by atoms with van der Waals surface area (Å²) in [5.41, 5.74) is 6.19. The van der Waals surface area contributed by atoms with Gasteiger partial charge in [-0.2, -0.15) is 25.2 Å². The minimum Gasteiger partial charge on any atom is -0.493 e. The van der Waals surface area contributed by atoms with Gasteiger partial charge in [0.05, 0.1) is 33.2 Å². The Morgan fingerprint density at radius 1 is 0.857 bits per heavy atom. The predicted molar refractivity (Wildman–Crippen MR) is 133 cm³/mol. The van der Waals surface area contributed by atoms with Gasteiger partial charge >= 0.3 is 0 Å². The molecule has 35 heavy (non-hydrogen) atoms. The number of benzene rings is 2. The van der Waals surface area contributed by atoms with Crippen LogP contribution in [0.3, 0.4) is 0 Å². The second-order valence-corrected chi connectivity index (χ2v) is 7.44. The second-order valence-electron chi connectivity index (χ2n) is 7.44. The number of hydrogen-bond acceptors (Lipinski definition) is 10. The van der Waals surface area contributed by atoms with Crippen LogP contribution >= 0.6 is 0 Å². The fraction of sp³-hybridized carbons (Fsp3) is 0.208. The molecule has 0 aliphatic carbocycles. The van der Waals surface area contributed by atoms with Gasteiger partial charge in [-0.1, -0.05) is 18.2 Å². The number of aromatic nitrogens is 5. The quantitative estimate of drug-likeness (QED) is 0.275. The third kappa shape index (κ3) is 5.46. The van der Waals surface area contributed by atoms with Gasteiger partial charge in [0, 0.05) is 16.9 Å². The van der Waals surface area contributed by atoms with Gasteiger partial charge in [0.2, 0.25) is 17.6 Å². The van der Waals surface area contributed by atoms with Gasteiger partial charge < -0.3 is 19.5 Å². The Kier molecular flexibility index (Phi) is 7.05. The Bertz CT molecular complexity index is 1310. The van der Waals surface area contributed by atoms with Crippen LogP contribution in [0.2, 0.25) is 0 Å². The summed E-state index contributed by atoms with van der Waals surface area (Å²) >= 11 is 0. The van der Waals surface area contributed by atoms with Crippen molar-refractivity contribution in [3.05, 3.63) is 65.5 Å². The van der Waals surface area contributed by atoms with Gasteiger partial charge in [-0.25, -0.2) is 10.1 Å².